The van der Waals surface area contributed by atoms with Crippen molar-refractivity contribution in [3.8, 4) is 0 Å². The Morgan fingerprint density at radius 1 is 1.24 bits per heavy atom. The number of amides is 2. The fourth-order valence-electron chi connectivity index (χ4n) is 3.30. The zero-order valence-electron chi connectivity index (χ0n) is 16.5. The van der Waals surface area contributed by atoms with Gasteiger partial charge in [0.1, 0.15) is 4.70 Å². The molecule has 0 saturated carbocycles. The molecule has 3 heterocycles. The quantitative estimate of drug-likeness (QED) is 0.688. The summed E-state index contributed by atoms with van der Waals surface area (Å²) in [5.74, 6) is -0.480. The molecule has 9 heteroatoms. The number of hydrogen-bond acceptors (Lipinski definition) is 6. The lowest BCUT2D eigenvalue weighted by Gasteiger charge is -2.19. The summed E-state index contributed by atoms with van der Waals surface area (Å²) in [5.41, 5.74) is 1.01. The average Bonchev–Trinajstić information content (AvgIpc) is 3.36. The molecule has 0 aliphatic carbocycles. The van der Waals surface area contributed by atoms with Crippen LogP contribution < -0.4 is 5.32 Å². The summed E-state index contributed by atoms with van der Waals surface area (Å²) in [5, 5.41) is 17.6. The van der Waals surface area contributed by atoms with Gasteiger partial charge in [-0.2, -0.15) is 10.1 Å². The highest BCUT2D eigenvalue weighted by Crippen LogP contribution is 2.33. The highest BCUT2D eigenvalue weighted by Gasteiger charge is 2.32. The van der Waals surface area contributed by atoms with Crippen LogP contribution in [0.25, 0.3) is 10.3 Å². The van der Waals surface area contributed by atoms with E-state index in [1.54, 1.807) is 33.8 Å². The highest BCUT2D eigenvalue weighted by atomic mass is 32.1. The highest BCUT2D eigenvalue weighted by molar-refractivity contribution is 7.22. The van der Waals surface area contributed by atoms with Crippen molar-refractivity contribution >= 4 is 38.6 Å². The topological polar surface area (TPSA) is 100 Å². The standard InChI is InChI=1S/C20H23N5O3S/c1-20(2,3)25-16-15(14(23-25)18(28)24-10-9-13(26)11-24)29-19(21-16)22-17(27)12-7-5-4-6-8-12/h4-8,13,26H,9-11H2,1-3H3,(H,21,22,27)/t13-/m1/s1. The van der Waals surface area contributed by atoms with Crippen LogP contribution in [-0.2, 0) is 5.54 Å². The van der Waals surface area contributed by atoms with Gasteiger partial charge in [0.15, 0.2) is 16.5 Å². The predicted octanol–water partition coefficient (Wildman–Crippen LogP) is 2.71. The summed E-state index contributed by atoms with van der Waals surface area (Å²) in [6, 6.07) is 8.90. The minimum atomic E-state index is -0.499. The number of fused-ring (bicyclic) bond motifs is 1. The first-order valence-corrected chi connectivity index (χ1v) is 10.3. The van der Waals surface area contributed by atoms with Gasteiger partial charge in [-0.25, -0.2) is 4.68 Å². The third-order valence-corrected chi connectivity index (χ3v) is 5.74. The van der Waals surface area contributed by atoms with Crippen molar-refractivity contribution in [2.24, 2.45) is 0 Å². The summed E-state index contributed by atoms with van der Waals surface area (Å²) in [6.45, 7) is 6.75. The minimum Gasteiger partial charge on any atom is -0.391 e. The monoisotopic (exact) mass is 413 g/mol. The molecule has 3 aromatic rings. The Bertz CT molecular complexity index is 1070. The Morgan fingerprint density at radius 2 is 1.97 bits per heavy atom. The van der Waals surface area contributed by atoms with Crippen molar-refractivity contribution < 1.29 is 14.7 Å². The van der Waals surface area contributed by atoms with Gasteiger partial charge in [-0.3, -0.25) is 14.9 Å². The van der Waals surface area contributed by atoms with Gasteiger partial charge in [-0.05, 0) is 39.3 Å². The van der Waals surface area contributed by atoms with E-state index in [1.807, 2.05) is 26.8 Å². The van der Waals surface area contributed by atoms with E-state index in [2.05, 4.69) is 15.4 Å². The van der Waals surface area contributed by atoms with E-state index in [0.29, 0.717) is 46.2 Å². The van der Waals surface area contributed by atoms with Crippen molar-refractivity contribution in [2.75, 3.05) is 18.4 Å². The van der Waals surface area contributed by atoms with Gasteiger partial charge < -0.3 is 10.0 Å². The Hall–Kier alpha value is -2.78. The number of carbonyl (C=O) groups excluding carboxylic acids is 2. The lowest BCUT2D eigenvalue weighted by Crippen LogP contribution is -2.31. The summed E-state index contributed by atoms with van der Waals surface area (Å²) in [7, 11) is 0. The lowest BCUT2D eigenvalue weighted by atomic mass is 10.1. The van der Waals surface area contributed by atoms with Gasteiger partial charge in [-0.15, -0.1) is 0 Å². The second-order valence-corrected chi connectivity index (χ2v) is 9.12. The Kier molecular flexibility index (Phi) is 4.87. The molecule has 1 atom stereocenters. The number of benzene rings is 1. The maximum Gasteiger partial charge on any atom is 0.276 e. The number of aromatic nitrogens is 3. The van der Waals surface area contributed by atoms with E-state index >= 15 is 0 Å². The number of nitrogens with one attached hydrogen (secondary N) is 1. The number of aliphatic hydroxyl groups excluding tert-OH is 1. The molecule has 2 N–H and O–H groups in total. The van der Waals surface area contributed by atoms with Crippen LogP contribution in [0.1, 0.15) is 48.0 Å². The molecule has 0 bridgehead atoms. The van der Waals surface area contributed by atoms with Crippen molar-refractivity contribution in [3.63, 3.8) is 0 Å². The smallest absolute Gasteiger partial charge is 0.276 e. The molecule has 0 spiro atoms. The van der Waals surface area contributed by atoms with Crippen LogP contribution in [0.15, 0.2) is 30.3 Å². The molecule has 4 rings (SSSR count). The van der Waals surface area contributed by atoms with Crippen LogP contribution in [0.2, 0.25) is 0 Å². The molecular weight excluding hydrogens is 390 g/mol. The third kappa shape index (κ3) is 3.75. The van der Waals surface area contributed by atoms with E-state index in [1.165, 1.54) is 11.3 Å². The average molecular weight is 414 g/mol. The van der Waals surface area contributed by atoms with E-state index in [4.69, 9.17) is 0 Å². The van der Waals surface area contributed by atoms with Crippen molar-refractivity contribution in [1.82, 2.24) is 19.7 Å². The number of nitrogens with zero attached hydrogens (tertiary/aromatic N) is 4. The summed E-state index contributed by atoms with van der Waals surface area (Å²) in [6.07, 6.45) is 0.0666. The molecule has 1 aliphatic heterocycles. The summed E-state index contributed by atoms with van der Waals surface area (Å²) >= 11 is 1.24. The van der Waals surface area contributed by atoms with Gasteiger partial charge in [0.2, 0.25) is 0 Å². The van der Waals surface area contributed by atoms with Crippen LogP contribution >= 0.6 is 11.3 Å². The number of thiazole rings is 1. The number of anilines is 1. The first kappa shape index (κ1) is 19.5. The molecule has 8 nitrogen and oxygen atoms in total. The fraction of sp³-hybridized carbons (Fsp3) is 0.400. The number of carbonyl (C=O) groups is 2. The third-order valence-electron chi connectivity index (χ3n) is 4.77. The van der Waals surface area contributed by atoms with Crippen LogP contribution in [0.4, 0.5) is 5.13 Å². The predicted molar refractivity (Wildman–Crippen MR) is 111 cm³/mol. The number of hydrogen-bond donors (Lipinski definition) is 2. The Labute approximate surface area is 172 Å². The lowest BCUT2D eigenvalue weighted by molar-refractivity contribution is 0.0759. The molecule has 29 heavy (non-hydrogen) atoms. The van der Waals surface area contributed by atoms with Gasteiger partial charge in [0.05, 0.1) is 11.6 Å². The van der Waals surface area contributed by atoms with Gasteiger partial charge >= 0.3 is 0 Å². The van der Waals surface area contributed by atoms with Crippen LogP contribution in [0.3, 0.4) is 0 Å². The normalized spacial score (nSPS) is 17.1. The van der Waals surface area contributed by atoms with E-state index in [0.717, 1.165) is 0 Å². The van der Waals surface area contributed by atoms with Gasteiger partial charge in [-0.1, -0.05) is 29.5 Å². The van der Waals surface area contributed by atoms with Gasteiger partial charge in [0.25, 0.3) is 11.8 Å². The largest absolute Gasteiger partial charge is 0.391 e. The molecule has 2 amide bonds. The first-order valence-electron chi connectivity index (χ1n) is 9.48. The van der Waals surface area contributed by atoms with E-state index in [-0.39, 0.29) is 11.8 Å². The molecule has 1 saturated heterocycles. The minimum absolute atomic E-state index is 0.223. The zero-order chi connectivity index (χ0) is 20.8. The summed E-state index contributed by atoms with van der Waals surface area (Å²) < 4.78 is 2.35. The molecular formula is C20H23N5O3S. The van der Waals surface area contributed by atoms with E-state index in [9.17, 15) is 14.7 Å². The number of rotatable bonds is 3. The second-order valence-electron chi connectivity index (χ2n) is 8.12. The molecule has 2 aromatic heterocycles. The maximum absolute atomic E-state index is 13.0. The maximum atomic E-state index is 13.0. The number of β-amino-alcohol motifs (C(OH)–C–C–N with tert-alkyl or cyclic N) is 1. The molecule has 0 unspecified atom stereocenters. The summed E-state index contributed by atoms with van der Waals surface area (Å²) in [4.78, 5) is 31.7. The van der Waals surface area contributed by atoms with E-state index < -0.39 is 11.6 Å². The zero-order valence-corrected chi connectivity index (χ0v) is 17.4. The Balaban J connectivity index is 1.71. The molecule has 1 aliphatic rings. The number of aliphatic hydroxyl groups is 1. The molecule has 0 radical (unpaired) electrons. The first-order chi connectivity index (χ1) is 13.7. The number of likely N-dealkylation sites (tertiary alicyclic amines) is 1. The molecule has 1 fully saturated rings. The van der Waals surface area contributed by atoms with Gasteiger partial charge in [0, 0.05) is 18.7 Å². The SMILES string of the molecule is CC(C)(C)n1nc(C(=O)N2CC[C@@H](O)C2)c2sc(NC(=O)c3ccccc3)nc21. The van der Waals surface area contributed by atoms with Crippen LogP contribution in [0, 0.1) is 0 Å². The molecule has 152 valence electrons. The van der Waals surface area contributed by atoms with Crippen molar-refractivity contribution in [1.29, 1.82) is 0 Å². The Morgan fingerprint density at radius 3 is 2.59 bits per heavy atom. The fourth-order valence-corrected chi connectivity index (χ4v) is 4.22. The van der Waals surface area contributed by atoms with Crippen molar-refractivity contribution in [2.45, 2.75) is 38.8 Å². The van der Waals surface area contributed by atoms with Crippen LogP contribution in [-0.4, -0.2) is 55.8 Å². The van der Waals surface area contributed by atoms with Crippen LogP contribution in [0.5, 0.6) is 0 Å². The molecule has 1 aromatic carbocycles. The second kappa shape index (κ2) is 7.23. The van der Waals surface area contributed by atoms with Crippen molar-refractivity contribution in [3.05, 3.63) is 41.6 Å².